The van der Waals surface area contributed by atoms with Crippen LogP contribution in [0.1, 0.15) is 17.3 Å². The molecule has 8 heteroatoms. The van der Waals surface area contributed by atoms with Gasteiger partial charge in [-0.25, -0.2) is 9.97 Å². The third-order valence-corrected chi connectivity index (χ3v) is 4.93. The van der Waals surface area contributed by atoms with E-state index in [4.69, 9.17) is 4.98 Å². The Hall–Kier alpha value is -3.65. The number of carbonyl (C=O) groups excluding carboxylic acids is 1. The third-order valence-electron chi connectivity index (χ3n) is 4.93. The number of nitrogens with zero attached hydrogens (tertiary/aromatic N) is 4. The summed E-state index contributed by atoms with van der Waals surface area (Å²) < 4.78 is 0. The number of non-ortho nitro benzene ring substituents is 1. The van der Waals surface area contributed by atoms with Gasteiger partial charge < -0.3 is 10.2 Å². The minimum atomic E-state index is -0.409. The van der Waals surface area contributed by atoms with E-state index in [2.05, 4.69) is 10.3 Å². The number of rotatable bonds is 5. The number of carbonyl (C=O) groups is 1. The zero-order valence-corrected chi connectivity index (χ0v) is 16.9. The van der Waals surface area contributed by atoms with Crippen LogP contribution in [0, 0.1) is 10.1 Å². The lowest BCUT2D eigenvalue weighted by Gasteiger charge is -2.18. The van der Waals surface area contributed by atoms with Gasteiger partial charge in [0.15, 0.2) is 0 Å². The summed E-state index contributed by atoms with van der Waals surface area (Å²) >= 11 is 0. The van der Waals surface area contributed by atoms with E-state index in [0.29, 0.717) is 44.9 Å². The Balaban J connectivity index is 1.89. The van der Waals surface area contributed by atoms with Gasteiger partial charge in [-0.05, 0) is 45.3 Å². The standard InChI is InChI=1S/C22H21N5O3/c1-13(12-26(2)3)23-22(28)16-7-4-8-17-21(16)25-20-15-6-5-9-19(27(29)30)14(15)10-11-18(20)24-17/h4-11,13H,12H2,1-3H3,(H,23,28). The molecule has 152 valence electrons. The Labute approximate surface area is 172 Å². The molecule has 1 aromatic heterocycles. The Morgan fingerprint density at radius 2 is 1.77 bits per heavy atom. The summed E-state index contributed by atoms with van der Waals surface area (Å²) in [5.74, 6) is -0.227. The summed E-state index contributed by atoms with van der Waals surface area (Å²) in [5, 5.41) is 15.5. The van der Waals surface area contributed by atoms with Crippen molar-refractivity contribution in [2.45, 2.75) is 13.0 Å². The topological polar surface area (TPSA) is 101 Å². The molecule has 1 heterocycles. The summed E-state index contributed by atoms with van der Waals surface area (Å²) in [6.45, 7) is 2.65. The van der Waals surface area contributed by atoms with Crippen molar-refractivity contribution in [1.29, 1.82) is 0 Å². The molecule has 1 unspecified atom stereocenters. The van der Waals surface area contributed by atoms with Crippen molar-refractivity contribution in [3.63, 3.8) is 0 Å². The molecule has 0 saturated carbocycles. The normalized spacial score (nSPS) is 12.5. The number of hydrogen-bond donors (Lipinski definition) is 1. The average Bonchev–Trinajstić information content (AvgIpc) is 2.70. The van der Waals surface area contributed by atoms with Crippen LogP contribution in [0.5, 0.6) is 0 Å². The smallest absolute Gasteiger partial charge is 0.277 e. The van der Waals surface area contributed by atoms with Crippen LogP contribution < -0.4 is 5.32 Å². The van der Waals surface area contributed by atoms with Crippen molar-refractivity contribution < 1.29 is 9.72 Å². The van der Waals surface area contributed by atoms with Gasteiger partial charge in [-0.15, -0.1) is 0 Å². The number of hydrogen-bond acceptors (Lipinski definition) is 6. The molecule has 0 saturated heterocycles. The molecule has 0 bridgehead atoms. The van der Waals surface area contributed by atoms with Gasteiger partial charge in [-0.1, -0.05) is 18.2 Å². The van der Waals surface area contributed by atoms with Gasteiger partial charge >= 0.3 is 0 Å². The minimum Gasteiger partial charge on any atom is -0.348 e. The number of aromatic nitrogens is 2. The predicted octanol–water partition coefficient (Wildman–Crippen LogP) is 3.52. The number of nitro groups is 1. The van der Waals surface area contributed by atoms with Gasteiger partial charge in [-0.2, -0.15) is 0 Å². The number of benzene rings is 3. The molecule has 0 radical (unpaired) electrons. The zero-order valence-electron chi connectivity index (χ0n) is 16.9. The quantitative estimate of drug-likeness (QED) is 0.237. The van der Waals surface area contributed by atoms with Crippen LogP contribution >= 0.6 is 0 Å². The third kappa shape index (κ3) is 3.53. The number of likely N-dealkylation sites (N-methyl/N-ethyl adjacent to an activating group) is 1. The monoisotopic (exact) mass is 403 g/mol. The molecule has 0 aliphatic rings. The van der Waals surface area contributed by atoms with E-state index in [1.54, 1.807) is 42.5 Å². The van der Waals surface area contributed by atoms with Crippen LogP contribution in [0.3, 0.4) is 0 Å². The van der Waals surface area contributed by atoms with E-state index in [0.717, 1.165) is 0 Å². The second-order valence-electron chi connectivity index (χ2n) is 7.60. The fraction of sp³-hybridized carbons (Fsp3) is 0.227. The molecular weight excluding hydrogens is 382 g/mol. The molecule has 8 nitrogen and oxygen atoms in total. The van der Waals surface area contributed by atoms with Crippen molar-refractivity contribution in [3.05, 3.63) is 64.2 Å². The zero-order chi connectivity index (χ0) is 21.4. The lowest BCUT2D eigenvalue weighted by atomic mass is 10.1. The molecule has 3 aromatic carbocycles. The second-order valence-corrected chi connectivity index (χ2v) is 7.60. The minimum absolute atomic E-state index is 0.0137. The van der Waals surface area contributed by atoms with Crippen LogP contribution in [0.25, 0.3) is 32.8 Å². The van der Waals surface area contributed by atoms with E-state index in [9.17, 15) is 14.9 Å². The van der Waals surface area contributed by atoms with Gasteiger partial charge in [0, 0.05) is 24.0 Å². The van der Waals surface area contributed by atoms with Gasteiger partial charge in [0.2, 0.25) is 0 Å². The average molecular weight is 403 g/mol. The molecule has 0 fully saturated rings. The van der Waals surface area contributed by atoms with Crippen LogP contribution in [0.4, 0.5) is 5.69 Å². The highest BCUT2D eigenvalue weighted by molar-refractivity contribution is 6.11. The summed E-state index contributed by atoms with van der Waals surface area (Å²) in [5.41, 5.74) is 2.66. The van der Waals surface area contributed by atoms with E-state index >= 15 is 0 Å². The Bertz CT molecular complexity index is 1300. The molecule has 0 aliphatic carbocycles. The lowest BCUT2D eigenvalue weighted by molar-refractivity contribution is -0.383. The van der Waals surface area contributed by atoms with Crippen LogP contribution in [-0.4, -0.2) is 52.4 Å². The maximum Gasteiger partial charge on any atom is 0.277 e. The highest BCUT2D eigenvalue weighted by Crippen LogP contribution is 2.31. The van der Waals surface area contributed by atoms with Crippen LogP contribution in [-0.2, 0) is 0 Å². The van der Waals surface area contributed by atoms with E-state index in [1.807, 2.05) is 25.9 Å². The first-order valence-electron chi connectivity index (χ1n) is 9.57. The van der Waals surface area contributed by atoms with Crippen molar-refractivity contribution in [2.75, 3.05) is 20.6 Å². The summed E-state index contributed by atoms with van der Waals surface area (Å²) in [6.07, 6.45) is 0. The molecule has 1 amide bonds. The van der Waals surface area contributed by atoms with Gasteiger partial charge in [0.25, 0.3) is 11.6 Å². The highest BCUT2D eigenvalue weighted by Gasteiger charge is 2.18. The fourth-order valence-electron chi connectivity index (χ4n) is 3.74. The van der Waals surface area contributed by atoms with Gasteiger partial charge in [0.1, 0.15) is 5.52 Å². The van der Waals surface area contributed by atoms with Gasteiger partial charge in [0.05, 0.1) is 32.4 Å². The highest BCUT2D eigenvalue weighted by atomic mass is 16.6. The fourth-order valence-corrected chi connectivity index (χ4v) is 3.74. The SMILES string of the molecule is CC(CN(C)C)NC(=O)c1cccc2nc3ccc4c([N+](=O)[O-])cccc4c3nc12. The van der Waals surface area contributed by atoms with Crippen molar-refractivity contribution in [3.8, 4) is 0 Å². The van der Waals surface area contributed by atoms with Crippen molar-refractivity contribution in [2.24, 2.45) is 0 Å². The van der Waals surface area contributed by atoms with Crippen LogP contribution in [0.15, 0.2) is 48.5 Å². The van der Waals surface area contributed by atoms with E-state index < -0.39 is 4.92 Å². The molecule has 0 spiro atoms. The molecule has 1 atom stereocenters. The molecule has 4 rings (SSSR count). The molecule has 4 aromatic rings. The van der Waals surface area contributed by atoms with Crippen LogP contribution in [0.2, 0.25) is 0 Å². The van der Waals surface area contributed by atoms with Gasteiger partial charge in [-0.3, -0.25) is 14.9 Å². The first-order chi connectivity index (χ1) is 14.3. The number of fused-ring (bicyclic) bond motifs is 4. The summed E-state index contributed by atoms with van der Waals surface area (Å²) in [6, 6.07) is 13.6. The summed E-state index contributed by atoms with van der Waals surface area (Å²) in [7, 11) is 3.89. The maximum atomic E-state index is 12.9. The number of nitrogens with one attached hydrogen (secondary N) is 1. The lowest BCUT2D eigenvalue weighted by Crippen LogP contribution is -2.39. The summed E-state index contributed by atoms with van der Waals surface area (Å²) in [4.78, 5) is 35.3. The Kier molecular flexibility index (Phi) is 5.01. The van der Waals surface area contributed by atoms with E-state index in [1.165, 1.54) is 6.07 Å². The second kappa shape index (κ2) is 7.64. The number of nitro benzene ring substituents is 1. The number of para-hydroxylation sites is 1. The first-order valence-corrected chi connectivity index (χ1v) is 9.57. The molecular formula is C22H21N5O3. The predicted molar refractivity (Wildman–Crippen MR) is 117 cm³/mol. The Morgan fingerprint density at radius 3 is 2.50 bits per heavy atom. The maximum absolute atomic E-state index is 12.9. The first kappa shape index (κ1) is 19.7. The van der Waals surface area contributed by atoms with E-state index in [-0.39, 0.29) is 17.6 Å². The van der Waals surface area contributed by atoms with Crippen molar-refractivity contribution >= 4 is 44.4 Å². The van der Waals surface area contributed by atoms with Crippen molar-refractivity contribution in [1.82, 2.24) is 20.2 Å². The largest absolute Gasteiger partial charge is 0.348 e. The molecule has 0 aliphatic heterocycles. The molecule has 30 heavy (non-hydrogen) atoms. The Morgan fingerprint density at radius 1 is 1.03 bits per heavy atom. The number of amides is 1. The molecule has 1 N–H and O–H groups in total.